The van der Waals surface area contributed by atoms with Gasteiger partial charge in [0.05, 0.1) is 4.88 Å². The Morgan fingerprint density at radius 1 is 1.27 bits per heavy atom. The number of hydrogen-bond acceptors (Lipinski definition) is 5. The molecule has 2 aliphatic rings. The molecule has 0 N–H and O–H groups in total. The molecule has 22 heavy (non-hydrogen) atoms. The summed E-state index contributed by atoms with van der Waals surface area (Å²) in [7, 11) is 0. The number of rotatable bonds is 3. The summed E-state index contributed by atoms with van der Waals surface area (Å²) in [5.74, 6) is 1.56. The number of hydrogen-bond donors (Lipinski definition) is 0. The molecule has 1 amide bonds. The van der Waals surface area contributed by atoms with Gasteiger partial charge in [-0.3, -0.25) is 4.79 Å². The van der Waals surface area contributed by atoms with E-state index in [1.807, 2.05) is 17.5 Å². The van der Waals surface area contributed by atoms with Crippen LogP contribution in [0.2, 0.25) is 0 Å². The van der Waals surface area contributed by atoms with Crippen molar-refractivity contribution < 1.29 is 9.32 Å². The molecular formula is C16H19N3O2S. The van der Waals surface area contributed by atoms with Gasteiger partial charge in [-0.2, -0.15) is 4.98 Å². The molecule has 5 nitrogen and oxygen atoms in total. The van der Waals surface area contributed by atoms with Gasteiger partial charge in [-0.15, -0.1) is 11.3 Å². The van der Waals surface area contributed by atoms with Crippen molar-refractivity contribution in [3.8, 4) is 10.8 Å². The molecule has 6 heteroatoms. The molecule has 0 spiro atoms. The molecule has 1 atom stereocenters. The molecule has 116 valence electrons. The molecule has 0 unspecified atom stereocenters. The Morgan fingerprint density at radius 2 is 2.14 bits per heavy atom. The zero-order chi connectivity index (χ0) is 14.9. The molecule has 0 aromatic carbocycles. The quantitative estimate of drug-likeness (QED) is 0.870. The largest absolute Gasteiger partial charge is 0.339 e. The Bertz CT molecular complexity index is 646. The molecule has 4 rings (SSSR count). The summed E-state index contributed by atoms with van der Waals surface area (Å²) in [6, 6.07) is 4.36. The van der Waals surface area contributed by atoms with Crippen LogP contribution in [0.25, 0.3) is 10.8 Å². The van der Waals surface area contributed by atoms with Gasteiger partial charge in [0.25, 0.3) is 5.89 Å². The molecule has 1 aliphatic carbocycles. The molecule has 1 saturated heterocycles. The third-order valence-electron chi connectivity index (χ3n) is 4.71. The Labute approximate surface area is 133 Å². The second-order valence-electron chi connectivity index (χ2n) is 6.17. The number of likely N-dealkylation sites (tertiary alicyclic amines) is 1. The Kier molecular flexibility index (Phi) is 3.70. The number of carbonyl (C=O) groups excluding carboxylic acids is 1. The van der Waals surface area contributed by atoms with Crippen molar-refractivity contribution in [2.75, 3.05) is 6.54 Å². The van der Waals surface area contributed by atoms with Gasteiger partial charge in [-0.1, -0.05) is 30.5 Å². The van der Waals surface area contributed by atoms with Crippen molar-refractivity contribution in [1.29, 1.82) is 0 Å². The SMILES string of the molecule is O=C1C[C@@H](c2noc(-c3cccs3)n2)CN1C1CCCCC1. The van der Waals surface area contributed by atoms with Crippen molar-refractivity contribution in [2.24, 2.45) is 0 Å². The summed E-state index contributed by atoms with van der Waals surface area (Å²) < 4.78 is 5.36. The molecule has 0 bridgehead atoms. The van der Waals surface area contributed by atoms with Gasteiger partial charge in [-0.05, 0) is 24.3 Å². The maximum absolute atomic E-state index is 12.3. The van der Waals surface area contributed by atoms with Crippen LogP contribution in [0.15, 0.2) is 22.0 Å². The van der Waals surface area contributed by atoms with Gasteiger partial charge in [0.1, 0.15) is 0 Å². The van der Waals surface area contributed by atoms with E-state index < -0.39 is 0 Å². The average Bonchev–Trinajstić information content (AvgIpc) is 3.28. The van der Waals surface area contributed by atoms with Gasteiger partial charge in [0, 0.05) is 24.9 Å². The predicted octanol–water partition coefficient (Wildman–Crippen LogP) is 3.45. The van der Waals surface area contributed by atoms with Crippen molar-refractivity contribution in [2.45, 2.75) is 50.5 Å². The minimum absolute atomic E-state index is 0.0758. The van der Waals surface area contributed by atoms with Crippen molar-refractivity contribution in [3.63, 3.8) is 0 Å². The Balaban J connectivity index is 1.48. The van der Waals surface area contributed by atoms with Crippen LogP contribution in [-0.4, -0.2) is 33.5 Å². The second-order valence-corrected chi connectivity index (χ2v) is 7.12. The molecule has 2 aromatic rings. The minimum Gasteiger partial charge on any atom is -0.339 e. The lowest BCUT2D eigenvalue weighted by Crippen LogP contribution is -2.37. The lowest BCUT2D eigenvalue weighted by atomic mass is 9.94. The smallest absolute Gasteiger partial charge is 0.267 e. The van der Waals surface area contributed by atoms with Crippen LogP contribution in [0.4, 0.5) is 0 Å². The van der Waals surface area contributed by atoms with E-state index in [2.05, 4.69) is 15.0 Å². The minimum atomic E-state index is 0.0758. The maximum Gasteiger partial charge on any atom is 0.267 e. The van der Waals surface area contributed by atoms with Crippen LogP contribution in [0, 0.1) is 0 Å². The summed E-state index contributed by atoms with van der Waals surface area (Å²) in [4.78, 5) is 19.9. The van der Waals surface area contributed by atoms with E-state index in [0.29, 0.717) is 24.2 Å². The third-order valence-corrected chi connectivity index (χ3v) is 5.57. The van der Waals surface area contributed by atoms with E-state index in [1.165, 1.54) is 19.3 Å². The highest BCUT2D eigenvalue weighted by Crippen LogP contribution is 2.33. The summed E-state index contributed by atoms with van der Waals surface area (Å²) >= 11 is 1.58. The number of thiophene rings is 1. The molecular weight excluding hydrogens is 298 g/mol. The van der Waals surface area contributed by atoms with Crippen molar-refractivity contribution in [1.82, 2.24) is 15.0 Å². The topological polar surface area (TPSA) is 59.2 Å². The predicted molar refractivity (Wildman–Crippen MR) is 83.6 cm³/mol. The number of aromatic nitrogens is 2. The molecule has 1 aliphatic heterocycles. The lowest BCUT2D eigenvalue weighted by molar-refractivity contribution is -0.130. The molecule has 1 saturated carbocycles. The first-order chi connectivity index (χ1) is 10.8. The highest BCUT2D eigenvalue weighted by molar-refractivity contribution is 7.13. The van der Waals surface area contributed by atoms with Crippen LogP contribution in [-0.2, 0) is 4.79 Å². The Morgan fingerprint density at radius 3 is 2.91 bits per heavy atom. The number of carbonyl (C=O) groups is 1. The summed E-state index contributed by atoms with van der Waals surface area (Å²) in [6.07, 6.45) is 6.58. The molecule has 3 heterocycles. The standard InChI is InChI=1S/C16H19N3O2S/c20-14-9-11(10-19(14)12-5-2-1-3-6-12)15-17-16(21-18-15)13-7-4-8-22-13/h4,7-8,11-12H,1-3,5-6,9-10H2/t11-/m1/s1. The highest BCUT2D eigenvalue weighted by atomic mass is 32.1. The summed E-state index contributed by atoms with van der Waals surface area (Å²) in [5.41, 5.74) is 0. The maximum atomic E-state index is 12.3. The van der Waals surface area contributed by atoms with Gasteiger partial charge in [0.15, 0.2) is 5.82 Å². The van der Waals surface area contributed by atoms with E-state index in [9.17, 15) is 4.79 Å². The van der Waals surface area contributed by atoms with Gasteiger partial charge in [-0.25, -0.2) is 0 Å². The summed E-state index contributed by atoms with van der Waals surface area (Å²) in [6.45, 7) is 0.743. The van der Waals surface area contributed by atoms with Crippen LogP contribution in [0.3, 0.4) is 0 Å². The van der Waals surface area contributed by atoms with E-state index in [4.69, 9.17) is 4.52 Å². The number of amides is 1. The first-order valence-corrected chi connectivity index (χ1v) is 8.86. The highest BCUT2D eigenvalue weighted by Gasteiger charge is 2.37. The second kappa shape index (κ2) is 5.83. The summed E-state index contributed by atoms with van der Waals surface area (Å²) in [5, 5.41) is 6.10. The Hall–Kier alpha value is -1.69. The van der Waals surface area contributed by atoms with E-state index in [-0.39, 0.29) is 11.8 Å². The first-order valence-electron chi connectivity index (χ1n) is 7.98. The van der Waals surface area contributed by atoms with Crippen LogP contribution in [0.1, 0.15) is 50.3 Å². The van der Waals surface area contributed by atoms with Crippen molar-refractivity contribution in [3.05, 3.63) is 23.3 Å². The monoisotopic (exact) mass is 317 g/mol. The van der Waals surface area contributed by atoms with Gasteiger partial charge >= 0.3 is 0 Å². The van der Waals surface area contributed by atoms with Gasteiger partial charge < -0.3 is 9.42 Å². The van der Waals surface area contributed by atoms with Gasteiger partial charge in [0.2, 0.25) is 5.91 Å². The molecule has 0 radical (unpaired) electrons. The molecule has 2 aromatic heterocycles. The number of nitrogens with zero attached hydrogens (tertiary/aromatic N) is 3. The lowest BCUT2D eigenvalue weighted by Gasteiger charge is -2.31. The first kappa shape index (κ1) is 13.9. The van der Waals surface area contributed by atoms with Crippen LogP contribution >= 0.6 is 11.3 Å². The van der Waals surface area contributed by atoms with E-state index in [1.54, 1.807) is 11.3 Å². The fourth-order valence-corrected chi connectivity index (χ4v) is 4.20. The fourth-order valence-electron chi connectivity index (χ4n) is 3.55. The van der Waals surface area contributed by atoms with Crippen LogP contribution in [0.5, 0.6) is 0 Å². The van der Waals surface area contributed by atoms with Crippen LogP contribution < -0.4 is 0 Å². The third kappa shape index (κ3) is 2.56. The zero-order valence-corrected chi connectivity index (χ0v) is 13.2. The normalized spacial score (nSPS) is 23.4. The van der Waals surface area contributed by atoms with E-state index in [0.717, 1.165) is 24.3 Å². The molecule has 2 fully saturated rings. The average molecular weight is 317 g/mol. The van der Waals surface area contributed by atoms with Crippen molar-refractivity contribution >= 4 is 17.2 Å². The fraction of sp³-hybridized carbons (Fsp3) is 0.562. The van der Waals surface area contributed by atoms with E-state index >= 15 is 0 Å². The zero-order valence-electron chi connectivity index (χ0n) is 12.4.